The molecule has 128 valence electrons. The lowest BCUT2D eigenvalue weighted by molar-refractivity contribution is 0.246. The van der Waals surface area contributed by atoms with E-state index in [1.165, 1.54) is 6.07 Å². The summed E-state index contributed by atoms with van der Waals surface area (Å²) in [5.41, 5.74) is 0.702. The quantitative estimate of drug-likeness (QED) is 0.832. The smallest absolute Gasteiger partial charge is 0.132 e. The van der Waals surface area contributed by atoms with Gasteiger partial charge in [0.25, 0.3) is 0 Å². The minimum Gasteiger partial charge on any atom is -0.457 e. The van der Waals surface area contributed by atoms with Gasteiger partial charge in [0, 0.05) is 37.5 Å². The van der Waals surface area contributed by atoms with E-state index >= 15 is 0 Å². The Morgan fingerprint density at radius 3 is 2.50 bits per heavy atom. The number of rotatable bonds is 5. The van der Waals surface area contributed by atoms with Crippen LogP contribution in [0.25, 0.3) is 0 Å². The SMILES string of the molecule is CC(C)c1ccc(Oc2ccnc(N3CC(N(C)C)C3)c2)cc1F. The highest BCUT2D eigenvalue weighted by molar-refractivity contribution is 5.47. The summed E-state index contributed by atoms with van der Waals surface area (Å²) in [6, 6.07) is 9.30. The van der Waals surface area contributed by atoms with Crippen LogP contribution in [0.3, 0.4) is 0 Å². The van der Waals surface area contributed by atoms with Gasteiger partial charge in [-0.15, -0.1) is 0 Å². The Kier molecular flexibility index (Phi) is 4.71. The summed E-state index contributed by atoms with van der Waals surface area (Å²) in [5, 5.41) is 0. The number of anilines is 1. The summed E-state index contributed by atoms with van der Waals surface area (Å²) in [6.07, 6.45) is 1.73. The standard InChI is InChI=1S/C19H24FN3O/c1-13(2)17-6-5-15(9-18(17)20)24-16-7-8-21-19(10-16)23-11-14(12-23)22(3)4/h5-10,13-14H,11-12H2,1-4H3. The third kappa shape index (κ3) is 3.51. The molecule has 2 heterocycles. The van der Waals surface area contributed by atoms with Crippen molar-refractivity contribution < 1.29 is 9.13 Å². The van der Waals surface area contributed by atoms with Gasteiger partial charge in [-0.2, -0.15) is 0 Å². The van der Waals surface area contributed by atoms with Crippen molar-refractivity contribution >= 4 is 5.82 Å². The van der Waals surface area contributed by atoms with Crippen molar-refractivity contribution in [2.24, 2.45) is 0 Å². The molecule has 2 aromatic rings. The molecule has 0 unspecified atom stereocenters. The predicted molar refractivity (Wildman–Crippen MR) is 94.5 cm³/mol. The maximum Gasteiger partial charge on any atom is 0.132 e. The zero-order valence-electron chi connectivity index (χ0n) is 14.7. The molecule has 0 amide bonds. The first-order chi connectivity index (χ1) is 11.4. The van der Waals surface area contributed by atoms with E-state index in [0.29, 0.717) is 23.1 Å². The Balaban J connectivity index is 1.70. The maximum atomic E-state index is 14.1. The molecule has 24 heavy (non-hydrogen) atoms. The van der Waals surface area contributed by atoms with Gasteiger partial charge < -0.3 is 14.5 Å². The van der Waals surface area contributed by atoms with Gasteiger partial charge in [-0.25, -0.2) is 9.37 Å². The van der Waals surface area contributed by atoms with Crippen LogP contribution in [0.2, 0.25) is 0 Å². The summed E-state index contributed by atoms with van der Waals surface area (Å²) >= 11 is 0. The molecular formula is C19H24FN3O. The van der Waals surface area contributed by atoms with Gasteiger partial charge in [0.2, 0.25) is 0 Å². The fourth-order valence-corrected chi connectivity index (χ4v) is 2.78. The maximum absolute atomic E-state index is 14.1. The molecule has 0 N–H and O–H groups in total. The van der Waals surface area contributed by atoms with Crippen molar-refractivity contribution in [1.82, 2.24) is 9.88 Å². The lowest BCUT2D eigenvalue weighted by Crippen LogP contribution is -2.57. The van der Waals surface area contributed by atoms with Crippen LogP contribution in [0.15, 0.2) is 36.5 Å². The summed E-state index contributed by atoms with van der Waals surface area (Å²) < 4.78 is 19.9. The first kappa shape index (κ1) is 16.7. The number of pyridine rings is 1. The average Bonchev–Trinajstić information content (AvgIpc) is 2.45. The lowest BCUT2D eigenvalue weighted by atomic mass is 10.0. The Bertz CT molecular complexity index is 712. The number of ether oxygens (including phenoxy) is 1. The van der Waals surface area contributed by atoms with Crippen LogP contribution in [0.4, 0.5) is 10.2 Å². The molecule has 1 aromatic heterocycles. The number of nitrogens with zero attached hydrogens (tertiary/aromatic N) is 3. The summed E-state index contributed by atoms with van der Waals surface area (Å²) in [6.45, 7) is 5.87. The van der Waals surface area contributed by atoms with Crippen molar-refractivity contribution in [2.75, 3.05) is 32.1 Å². The first-order valence-corrected chi connectivity index (χ1v) is 8.28. The van der Waals surface area contributed by atoms with Crippen molar-refractivity contribution in [3.05, 3.63) is 47.9 Å². The topological polar surface area (TPSA) is 28.6 Å². The van der Waals surface area contributed by atoms with Gasteiger partial charge in [0.15, 0.2) is 0 Å². The van der Waals surface area contributed by atoms with E-state index in [-0.39, 0.29) is 11.7 Å². The normalized spacial score (nSPS) is 15.0. The Labute approximate surface area is 142 Å². The molecule has 1 fully saturated rings. The third-order valence-corrected chi connectivity index (χ3v) is 4.46. The monoisotopic (exact) mass is 329 g/mol. The third-order valence-electron chi connectivity index (χ3n) is 4.46. The Morgan fingerprint density at radius 2 is 1.88 bits per heavy atom. The molecule has 0 aliphatic carbocycles. The fourth-order valence-electron chi connectivity index (χ4n) is 2.78. The van der Waals surface area contributed by atoms with Crippen molar-refractivity contribution in [3.63, 3.8) is 0 Å². The van der Waals surface area contributed by atoms with Crippen molar-refractivity contribution in [2.45, 2.75) is 25.8 Å². The highest BCUT2D eigenvalue weighted by atomic mass is 19.1. The van der Waals surface area contributed by atoms with E-state index in [2.05, 4.69) is 28.9 Å². The number of hydrogen-bond donors (Lipinski definition) is 0. The molecule has 1 aliphatic rings. The highest BCUT2D eigenvalue weighted by Crippen LogP contribution is 2.29. The number of hydrogen-bond acceptors (Lipinski definition) is 4. The van der Waals surface area contributed by atoms with Gasteiger partial charge in [0.05, 0.1) is 0 Å². The second-order valence-corrected chi connectivity index (χ2v) is 6.81. The van der Waals surface area contributed by atoms with Gasteiger partial charge in [-0.1, -0.05) is 19.9 Å². The van der Waals surface area contributed by atoms with Crippen LogP contribution < -0.4 is 9.64 Å². The molecule has 0 saturated carbocycles. The molecule has 1 aromatic carbocycles. The second kappa shape index (κ2) is 6.77. The molecule has 0 bridgehead atoms. The molecule has 0 atom stereocenters. The Hall–Kier alpha value is -2.14. The molecule has 5 heteroatoms. The number of likely N-dealkylation sites (N-methyl/N-ethyl adjacent to an activating group) is 1. The van der Waals surface area contributed by atoms with Gasteiger partial charge in [-0.05, 0) is 37.7 Å². The van der Waals surface area contributed by atoms with E-state index in [1.807, 2.05) is 26.0 Å². The fraction of sp³-hybridized carbons (Fsp3) is 0.421. The minimum absolute atomic E-state index is 0.155. The molecular weight excluding hydrogens is 305 g/mol. The zero-order valence-corrected chi connectivity index (χ0v) is 14.7. The van der Waals surface area contributed by atoms with Crippen molar-refractivity contribution in [3.8, 4) is 11.5 Å². The van der Waals surface area contributed by atoms with E-state index in [0.717, 1.165) is 18.9 Å². The molecule has 3 rings (SSSR count). The zero-order chi connectivity index (χ0) is 17.3. The van der Waals surface area contributed by atoms with E-state index in [1.54, 1.807) is 18.3 Å². The lowest BCUT2D eigenvalue weighted by Gasteiger charge is -2.43. The van der Waals surface area contributed by atoms with Crippen molar-refractivity contribution in [1.29, 1.82) is 0 Å². The first-order valence-electron chi connectivity index (χ1n) is 8.28. The van der Waals surface area contributed by atoms with Gasteiger partial charge >= 0.3 is 0 Å². The molecule has 4 nitrogen and oxygen atoms in total. The van der Waals surface area contributed by atoms with E-state index < -0.39 is 0 Å². The second-order valence-electron chi connectivity index (χ2n) is 6.81. The summed E-state index contributed by atoms with van der Waals surface area (Å²) in [7, 11) is 4.18. The van der Waals surface area contributed by atoms with Crippen LogP contribution in [0, 0.1) is 5.82 Å². The van der Waals surface area contributed by atoms with E-state index in [4.69, 9.17) is 4.74 Å². The predicted octanol–water partition coefficient (Wildman–Crippen LogP) is 3.89. The average molecular weight is 329 g/mol. The summed E-state index contributed by atoms with van der Waals surface area (Å²) in [5.74, 6) is 2.00. The highest BCUT2D eigenvalue weighted by Gasteiger charge is 2.29. The largest absolute Gasteiger partial charge is 0.457 e. The van der Waals surface area contributed by atoms with Crippen LogP contribution in [0.5, 0.6) is 11.5 Å². The van der Waals surface area contributed by atoms with Gasteiger partial charge in [0.1, 0.15) is 23.1 Å². The Morgan fingerprint density at radius 1 is 1.17 bits per heavy atom. The molecule has 1 saturated heterocycles. The molecule has 0 spiro atoms. The molecule has 0 radical (unpaired) electrons. The summed E-state index contributed by atoms with van der Waals surface area (Å²) in [4.78, 5) is 8.83. The van der Waals surface area contributed by atoms with Crippen LogP contribution >= 0.6 is 0 Å². The van der Waals surface area contributed by atoms with E-state index in [9.17, 15) is 4.39 Å². The number of benzene rings is 1. The van der Waals surface area contributed by atoms with Gasteiger partial charge in [-0.3, -0.25) is 0 Å². The van der Waals surface area contributed by atoms with Crippen LogP contribution in [-0.2, 0) is 0 Å². The van der Waals surface area contributed by atoms with Crippen LogP contribution in [-0.4, -0.2) is 43.1 Å². The minimum atomic E-state index is -0.228. The number of aromatic nitrogens is 1. The molecule has 1 aliphatic heterocycles. The number of halogens is 1. The van der Waals surface area contributed by atoms with Crippen LogP contribution in [0.1, 0.15) is 25.3 Å².